The molecule has 1 unspecified atom stereocenters. The number of carboxylic acid groups (broad SMARTS) is 1. The van der Waals surface area contributed by atoms with Gasteiger partial charge in [0.25, 0.3) is 5.91 Å². The number of rotatable bonds is 9. The molecule has 140 valence electrons. The van der Waals surface area contributed by atoms with Gasteiger partial charge in [0.15, 0.2) is 6.61 Å². The molecule has 3 amide bonds. The van der Waals surface area contributed by atoms with E-state index in [-0.39, 0.29) is 36.7 Å². The number of hydrogen-bond donors (Lipinski definition) is 3. The third kappa shape index (κ3) is 6.19. The second-order valence-corrected chi connectivity index (χ2v) is 6.06. The zero-order chi connectivity index (χ0) is 18.9. The quantitative estimate of drug-likeness (QED) is 0.444. The number of hydrogen-bond acceptors (Lipinski definition) is 5. The van der Waals surface area contributed by atoms with Crippen LogP contribution in [0.2, 0.25) is 0 Å². The van der Waals surface area contributed by atoms with Gasteiger partial charge in [-0.25, -0.2) is 0 Å². The van der Waals surface area contributed by atoms with Crippen LogP contribution >= 0.6 is 0 Å². The third-order valence-electron chi connectivity index (χ3n) is 4.03. The second-order valence-electron chi connectivity index (χ2n) is 6.06. The minimum Gasteiger partial charge on any atom is -0.484 e. The Balaban J connectivity index is 1.72. The van der Waals surface area contributed by atoms with Crippen molar-refractivity contribution in [2.24, 2.45) is 0 Å². The minimum atomic E-state index is -0.847. The lowest BCUT2D eigenvalue weighted by molar-refractivity contribution is -0.137. The molecule has 8 nitrogen and oxygen atoms in total. The molecule has 2 rings (SSSR count). The Kier molecular flexibility index (Phi) is 7.13. The van der Waals surface area contributed by atoms with Gasteiger partial charge in [-0.05, 0) is 37.0 Å². The molecular formula is C18H22N2O6. The van der Waals surface area contributed by atoms with Gasteiger partial charge < -0.3 is 15.2 Å². The number of aliphatic carboxylic acids is 1. The van der Waals surface area contributed by atoms with Gasteiger partial charge in [-0.1, -0.05) is 12.1 Å². The van der Waals surface area contributed by atoms with Gasteiger partial charge in [0.2, 0.25) is 11.8 Å². The molecule has 0 aliphatic carbocycles. The van der Waals surface area contributed by atoms with Crippen LogP contribution in [0.15, 0.2) is 24.3 Å². The van der Waals surface area contributed by atoms with Crippen LogP contribution in [0.4, 0.5) is 0 Å². The van der Waals surface area contributed by atoms with Gasteiger partial charge in [-0.3, -0.25) is 24.5 Å². The number of piperidine rings is 1. The van der Waals surface area contributed by atoms with Crippen molar-refractivity contribution < 1.29 is 29.0 Å². The molecule has 0 spiro atoms. The van der Waals surface area contributed by atoms with Crippen LogP contribution < -0.4 is 15.4 Å². The Labute approximate surface area is 150 Å². The van der Waals surface area contributed by atoms with Crippen molar-refractivity contribution in [3.63, 3.8) is 0 Å². The summed E-state index contributed by atoms with van der Waals surface area (Å²) >= 11 is 0. The monoisotopic (exact) mass is 362 g/mol. The number of imide groups is 1. The fourth-order valence-corrected chi connectivity index (χ4v) is 2.64. The summed E-state index contributed by atoms with van der Waals surface area (Å²) in [5.41, 5.74) is 0.797. The van der Waals surface area contributed by atoms with Crippen LogP contribution in [0, 0.1) is 0 Å². The smallest absolute Gasteiger partial charge is 0.303 e. The summed E-state index contributed by atoms with van der Waals surface area (Å²) < 4.78 is 5.39. The first-order valence-electron chi connectivity index (χ1n) is 8.50. The summed E-state index contributed by atoms with van der Waals surface area (Å²) in [6.45, 7) is 0.265. The van der Waals surface area contributed by atoms with Crippen molar-refractivity contribution in [3.8, 4) is 5.75 Å². The Bertz CT molecular complexity index is 671. The van der Waals surface area contributed by atoms with Crippen LogP contribution in [-0.2, 0) is 19.2 Å². The van der Waals surface area contributed by atoms with E-state index in [1.54, 1.807) is 24.3 Å². The molecule has 0 saturated carbocycles. The van der Waals surface area contributed by atoms with E-state index in [1.807, 2.05) is 0 Å². The molecule has 1 fully saturated rings. The minimum absolute atomic E-state index is 0.0892. The van der Waals surface area contributed by atoms with Gasteiger partial charge in [-0.2, -0.15) is 0 Å². The molecule has 8 heteroatoms. The molecule has 1 atom stereocenters. The normalized spacial score (nSPS) is 16.7. The Morgan fingerprint density at radius 1 is 1.19 bits per heavy atom. The largest absolute Gasteiger partial charge is 0.484 e. The highest BCUT2D eigenvalue weighted by atomic mass is 16.5. The Hall–Kier alpha value is -2.90. The molecule has 0 aromatic heterocycles. The average molecular weight is 362 g/mol. The lowest BCUT2D eigenvalue weighted by atomic mass is 9.90. The SMILES string of the molecule is O=C(O)CCCCNC(=O)COc1ccc(C2CCC(=O)NC2=O)cc1. The average Bonchev–Trinajstić information content (AvgIpc) is 2.60. The van der Waals surface area contributed by atoms with E-state index in [9.17, 15) is 19.2 Å². The number of carbonyl (C=O) groups excluding carboxylic acids is 3. The standard InChI is InChI=1S/C18H22N2O6/c21-15-9-8-14(18(25)20-15)12-4-6-13(7-5-12)26-11-16(22)19-10-2-1-3-17(23)24/h4-7,14H,1-3,8-11H2,(H,19,22)(H,23,24)(H,20,21,25). The Morgan fingerprint density at radius 3 is 2.58 bits per heavy atom. The van der Waals surface area contributed by atoms with Gasteiger partial charge in [0, 0.05) is 19.4 Å². The molecule has 1 aromatic rings. The maximum Gasteiger partial charge on any atom is 0.303 e. The number of carbonyl (C=O) groups is 4. The van der Waals surface area contributed by atoms with Gasteiger partial charge >= 0.3 is 5.97 Å². The predicted octanol–water partition coefficient (Wildman–Crippen LogP) is 0.957. The van der Waals surface area contributed by atoms with Gasteiger partial charge in [0.05, 0.1) is 5.92 Å². The van der Waals surface area contributed by atoms with Crippen molar-refractivity contribution in [2.45, 2.75) is 38.0 Å². The maximum absolute atomic E-state index is 11.8. The zero-order valence-corrected chi connectivity index (χ0v) is 14.3. The number of nitrogens with one attached hydrogen (secondary N) is 2. The molecule has 1 aromatic carbocycles. The first kappa shape index (κ1) is 19.4. The first-order chi connectivity index (χ1) is 12.5. The van der Waals surface area contributed by atoms with Crippen LogP contribution in [0.3, 0.4) is 0 Å². The van der Waals surface area contributed by atoms with Gasteiger partial charge in [0.1, 0.15) is 5.75 Å². The molecule has 0 radical (unpaired) electrons. The molecule has 26 heavy (non-hydrogen) atoms. The molecule has 1 heterocycles. The molecule has 1 aliphatic heterocycles. The van der Waals surface area contributed by atoms with E-state index in [1.165, 1.54) is 0 Å². The summed E-state index contributed by atoms with van der Waals surface area (Å²) in [4.78, 5) is 45.1. The van der Waals surface area contributed by atoms with E-state index in [4.69, 9.17) is 9.84 Å². The fourth-order valence-electron chi connectivity index (χ4n) is 2.64. The highest BCUT2D eigenvalue weighted by molar-refractivity contribution is 6.00. The second kappa shape index (κ2) is 9.55. The van der Waals surface area contributed by atoms with E-state index < -0.39 is 5.97 Å². The number of ether oxygens (including phenoxy) is 1. The molecular weight excluding hydrogens is 340 g/mol. The number of carboxylic acids is 1. The highest BCUT2D eigenvalue weighted by Gasteiger charge is 2.27. The number of amides is 3. The Morgan fingerprint density at radius 2 is 1.92 bits per heavy atom. The van der Waals surface area contributed by atoms with E-state index in [2.05, 4.69) is 10.6 Å². The highest BCUT2D eigenvalue weighted by Crippen LogP contribution is 2.26. The molecule has 0 bridgehead atoms. The summed E-state index contributed by atoms with van der Waals surface area (Å²) in [6, 6.07) is 6.86. The lowest BCUT2D eigenvalue weighted by Crippen LogP contribution is -2.39. The predicted molar refractivity (Wildman–Crippen MR) is 91.6 cm³/mol. The van der Waals surface area contributed by atoms with Crippen LogP contribution in [0.25, 0.3) is 0 Å². The first-order valence-corrected chi connectivity index (χ1v) is 8.50. The zero-order valence-electron chi connectivity index (χ0n) is 14.3. The van der Waals surface area contributed by atoms with Crippen LogP contribution in [0.5, 0.6) is 5.75 Å². The summed E-state index contributed by atoms with van der Waals surface area (Å²) in [5, 5.41) is 13.5. The third-order valence-corrected chi connectivity index (χ3v) is 4.03. The van der Waals surface area contributed by atoms with Crippen molar-refractivity contribution in [2.75, 3.05) is 13.2 Å². The van der Waals surface area contributed by atoms with Crippen molar-refractivity contribution >= 4 is 23.7 Å². The van der Waals surface area contributed by atoms with E-state index in [0.29, 0.717) is 38.0 Å². The summed E-state index contributed by atoms with van der Waals surface area (Å²) in [7, 11) is 0. The van der Waals surface area contributed by atoms with E-state index >= 15 is 0 Å². The number of unbranched alkanes of at least 4 members (excludes halogenated alkanes) is 1. The van der Waals surface area contributed by atoms with Crippen molar-refractivity contribution in [1.82, 2.24) is 10.6 Å². The van der Waals surface area contributed by atoms with Crippen LogP contribution in [-0.4, -0.2) is 41.9 Å². The van der Waals surface area contributed by atoms with E-state index in [0.717, 1.165) is 5.56 Å². The summed E-state index contributed by atoms with van der Waals surface area (Å²) in [5.74, 6) is -1.52. The van der Waals surface area contributed by atoms with Gasteiger partial charge in [-0.15, -0.1) is 0 Å². The molecule has 3 N–H and O–H groups in total. The summed E-state index contributed by atoms with van der Waals surface area (Å²) in [6.07, 6.45) is 2.00. The van der Waals surface area contributed by atoms with Crippen LogP contribution in [0.1, 0.15) is 43.6 Å². The topological polar surface area (TPSA) is 122 Å². The van der Waals surface area contributed by atoms with Crippen molar-refractivity contribution in [3.05, 3.63) is 29.8 Å². The maximum atomic E-state index is 11.8. The van der Waals surface area contributed by atoms with Crippen molar-refractivity contribution in [1.29, 1.82) is 0 Å². The lowest BCUT2D eigenvalue weighted by Gasteiger charge is -2.21. The molecule has 1 saturated heterocycles. The fraction of sp³-hybridized carbons (Fsp3) is 0.444. The molecule has 1 aliphatic rings. The number of benzene rings is 1.